The number of fused-ring (bicyclic) bond motifs is 1. The standard InChI is InChI=1S/C22H17F3N2O2S2/c1-13-19(31-21(26-13)15-2-5-16(6-3-15)22(23,24)25)12-30-17-7-4-14-8-9-27(11-20(28)29)18(14)10-17/h2-10H,11-12H2,1H3,(H,28,29). The maximum absolute atomic E-state index is 12.8. The molecule has 0 fully saturated rings. The fraction of sp³-hybridized carbons (Fsp3) is 0.182. The van der Waals surface area contributed by atoms with E-state index in [4.69, 9.17) is 5.11 Å². The van der Waals surface area contributed by atoms with Gasteiger partial charge in [-0.05, 0) is 42.6 Å². The minimum Gasteiger partial charge on any atom is -0.480 e. The molecule has 9 heteroatoms. The van der Waals surface area contributed by atoms with Crippen molar-refractivity contribution in [1.29, 1.82) is 0 Å². The van der Waals surface area contributed by atoms with E-state index < -0.39 is 17.7 Å². The van der Waals surface area contributed by atoms with Crippen LogP contribution in [0.15, 0.2) is 59.6 Å². The predicted octanol–water partition coefficient (Wildman–Crippen LogP) is 6.47. The largest absolute Gasteiger partial charge is 0.480 e. The number of hydrogen-bond acceptors (Lipinski definition) is 4. The van der Waals surface area contributed by atoms with Crippen LogP contribution in [-0.4, -0.2) is 20.6 Å². The number of alkyl halides is 3. The highest BCUT2D eigenvalue weighted by atomic mass is 32.2. The molecular weight excluding hydrogens is 445 g/mol. The first-order valence-corrected chi connectivity index (χ1v) is 11.1. The van der Waals surface area contributed by atoms with E-state index in [0.717, 1.165) is 38.5 Å². The van der Waals surface area contributed by atoms with Gasteiger partial charge in [0.1, 0.15) is 11.6 Å². The van der Waals surface area contributed by atoms with Crippen molar-refractivity contribution in [2.24, 2.45) is 0 Å². The van der Waals surface area contributed by atoms with Crippen molar-refractivity contribution in [3.05, 3.63) is 70.9 Å². The predicted molar refractivity (Wildman–Crippen MR) is 116 cm³/mol. The van der Waals surface area contributed by atoms with Gasteiger partial charge in [-0.1, -0.05) is 18.2 Å². The molecule has 4 rings (SSSR count). The van der Waals surface area contributed by atoms with Gasteiger partial charge in [0, 0.05) is 32.8 Å². The Hall–Kier alpha value is -2.78. The Balaban J connectivity index is 1.51. The summed E-state index contributed by atoms with van der Waals surface area (Å²) in [4.78, 5) is 17.6. The number of halogens is 3. The Morgan fingerprint density at radius 2 is 1.90 bits per heavy atom. The van der Waals surface area contributed by atoms with Crippen LogP contribution in [0.2, 0.25) is 0 Å². The van der Waals surface area contributed by atoms with Crippen molar-refractivity contribution in [1.82, 2.24) is 9.55 Å². The third-order valence-electron chi connectivity index (χ3n) is 4.77. The smallest absolute Gasteiger partial charge is 0.416 e. The highest BCUT2D eigenvalue weighted by Crippen LogP contribution is 2.35. The van der Waals surface area contributed by atoms with Crippen LogP contribution in [-0.2, 0) is 23.3 Å². The van der Waals surface area contributed by atoms with Gasteiger partial charge in [-0.3, -0.25) is 4.79 Å². The average Bonchev–Trinajstić information content (AvgIpc) is 3.28. The minimum absolute atomic E-state index is 0.0952. The molecule has 0 bridgehead atoms. The highest BCUT2D eigenvalue weighted by molar-refractivity contribution is 7.98. The molecule has 0 aliphatic heterocycles. The third-order valence-corrected chi connectivity index (χ3v) is 7.18. The Kier molecular flexibility index (Phi) is 5.81. The van der Waals surface area contributed by atoms with Gasteiger partial charge in [-0.15, -0.1) is 23.1 Å². The Morgan fingerprint density at radius 3 is 2.58 bits per heavy atom. The molecule has 0 radical (unpaired) electrons. The lowest BCUT2D eigenvalue weighted by Gasteiger charge is -2.06. The zero-order valence-electron chi connectivity index (χ0n) is 16.3. The normalized spacial score (nSPS) is 11.9. The summed E-state index contributed by atoms with van der Waals surface area (Å²) in [6.07, 6.45) is -2.60. The summed E-state index contributed by atoms with van der Waals surface area (Å²) < 4.78 is 40.0. The van der Waals surface area contributed by atoms with Crippen LogP contribution in [0.1, 0.15) is 16.1 Å². The number of rotatable bonds is 6. The van der Waals surface area contributed by atoms with Gasteiger partial charge >= 0.3 is 12.1 Å². The number of nitrogens with zero attached hydrogens (tertiary/aromatic N) is 2. The van der Waals surface area contributed by atoms with Crippen LogP contribution in [0.5, 0.6) is 0 Å². The first kappa shape index (κ1) is 21.5. The third kappa shape index (κ3) is 4.77. The maximum Gasteiger partial charge on any atom is 0.416 e. The molecule has 1 N–H and O–H groups in total. The lowest BCUT2D eigenvalue weighted by atomic mass is 10.1. The van der Waals surface area contributed by atoms with Crippen molar-refractivity contribution in [3.63, 3.8) is 0 Å². The summed E-state index contributed by atoms with van der Waals surface area (Å²) in [6, 6.07) is 12.8. The molecule has 0 unspecified atom stereocenters. The molecule has 0 aliphatic carbocycles. The van der Waals surface area contributed by atoms with E-state index in [2.05, 4.69) is 4.98 Å². The van der Waals surface area contributed by atoms with E-state index in [1.165, 1.54) is 23.5 Å². The number of carboxylic acids is 1. The van der Waals surface area contributed by atoms with E-state index in [1.54, 1.807) is 22.5 Å². The Bertz CT molecular complexity index is 1240. The number of aromatic nitrogens is 2. The summed E-state index contributed by atoms with van der Waals surface area (Å²) in [5.74, 6) is -0.235. The van der Waals surface area contributed by atoms with Gasteiger partial charge in [0.25, 0.3) is 0 Å². The molecule has 0 atom stereocenters. The van der Waals surface area contributed by atoms with E-state index in [-0.39, 0.29) is 6.54 Å². The molecule has 0 saturated heterocycles. The second-order valence-corrected chi connectivity index (χ2v) is 9.08. The van der Waals surface area contributed by atoms with Crippen molar-refractivity contribution < 1.29 is 23.1 Å². The van der Waals surface area contributed by atoms with Crippen molar-refractivity contribution in [2.75, 3.05) is 0 Å². The van der Waals surface area contributed by atoms with Crippen LogP contribution in [0.25, 0.3) is 21.5 Å². The Morgan fingerprint density at radius 1 is 1.16 bits per heavy atom. The van der Waals surface area contributed by atoms with Crippen LogP contribution in [0.3, 0.4) is 0 Å². The van der Waals surface area contributed by atoms with E-state index >= 15 is 0 Å². The van der Waals surface area contributed by atoms with Gasteiger partial charge in [-0.25, -0.2) is 4.98 Å². The molecule has 0 amide bonds. The fourth-order valence-electron chi connectivity index (χ4n) is 3.17. The second-order valence-electron chi connectivity index (χ2n) is 6.95. The topological polar surface area (TPSA) is 55.1 Å². The molecule has 160 valence electrons. The maximum atomic E-state index is 12.8. The van der Waals surface area contributed by atoms with Gasteiger partial charge in [0.05, 0.1) is 11.3 Å². The first-order chi connectivity index (χ1) is 14.7. The minimum atomic E-state index is -4.36. The number of thiazole rings is 1. The first-order valence-electron chi connectivity index (χ1n) is 9.28. The van der Waals surface area contributed by atoms with Gasteiger partial charge in [0.2, 0.25) is 0 Å². The number of aliphatic carboxylic acids is 1. The van der Waals surface area contributed by atoms with Crippen LogP contribution in [0, 0.1) is 6.92 Å². The molecule has 0 aliphatic rings. The molecular formula is C22H17F3N2O2S2. The molecule has 2 heterocycles. The van der Waals surface area contributed by atoms with E-state index in [0.29, 0.717) is 16.3 Å². The SMILES string of the molecule is Cc1nc(-c2ccc(C(F)(F)F)cc2)sc1CSc1ccc2ccn(CC(=O)O)c2c1. The van der Waals surface area contributed by atoms with E-state index in [1.807, 2.05) is 31.2 Å². The van der Waals surface area contributed by atoms with Crippen LogP contribution in [0.4, 0.5) is 13.2 Å². The van der Waals surface area contributed by atoms with Gasteiger partial charge in [0.15, 0.2) is 0 Å². The zero-order valence-corrected chi connectivity index (χ0v) is 17.9. The number of aryl methyl sites for hydroxylation is 1. The molecule has 31 heavy (non-hydrogen) atoms. The lowest BCUT2D eigenvalue weighted by molar-refractivity contribution is -0.138. The quantitative estimate of drug-likeness (QED) is 0.334. The molecule has 2 aromatic carbocycles. The number of thioether (sulfide) groups is 1. The molecule has 4 nitrogen and oxygen atoms in total. The monoisotopic (exact) mass is 462 g/mol. The number of hydrogen-bond donors (Lipinski definition) is 1. The van der Waals surface area contributed by atoms with E-state index in [9.17, 15) is 18.0 Å². The van der Waals surface area contributed by atoms with Crippen LogP contribution < -0.4 is 0 Å². The van der Waals surface area contributed by atoms with Gasteiger partial charge in [-0.2, -0.15) is 13.2 Å². The molecule has 0 saturated carbocycles. The molecule has 2 aromatic heterocycles. The summed E-state index contributed by atoms with van der Waals surface area (Å²) in [5, 5.41) is 10.7. The van der Waals surface area contributed by atoms with Crippen molar-refractivity contribution in [2.45, 2.75) is 30.3 Å². The molecule has 4 aromatic rings. The summed E-state index contributed by atoms with van der Waals surface area (Å²) >= 11 is 3.07. The number of carboxylic acid groups (broad SMARTS) is 1. The summed E-state index contributed by atoms with van der Waals surface area (Å²) in [7, 11) is 0. The van der Waals surface area contributed by atoms with Gasteiger partial charge < -0.3 is 9.67 Å². The molecule has 0 spiro atoms. The summed E-state index contributed by atoms with van der Waals surface area (Å²) in [6.45, 7) is 1.79. The Labute approximate surface area is 184 Å². The lowest BCUT2D eigenvalue weighted by Crippen LogP contribution is -2.07. The van der Waals surface area contributed by atoms with Crippen molar-refractivity contribution >= 4 is 40.0 Å². The fourth-order valence-corrected chi connectivity index (χ4v) is 5.31. The van der Waals surface area contributed by atoms with Crippen molar-refractivity contribution in [3.8, 4) is 10.6 Å². The average molecular weight is 463 g/mol. The summed E-state index contributed by atoms with van der Waals surface area (Å²) in [5.41, 5.74) is 1.69. The zero-order chi connectivity index (χ0) is 22.2. The number of benzene rings is 2. The second kappa shape index (κ2) is 8.39. The number of carbonyl (C=O) groups is 1. The van der Waals surface area contributed by atoms with Crippen LogP contribution >= 0.6 is 23.1 Å². The highest BCUT2D eigenvalue weighted by Gasteiger charge is 2.30.